The summed E-state index contributed by atoms with van der Waals surface area (Å²) in [6.45, 7) is 0.356. The number of hydrogen-bond acceptors (Lipinski definition) is 4. The molecule has 1 aromatic carbocycles. The first-order valence-electron chi connectivity index (χ1n) is 10.1. The molecule has 1 saturated carbocycles. The van der Waals surface area contributed by atoms with E-state index in [2.05, 4.69) is 10.3 Å². The lowest BCUT2D eigenvalue weighted by molar-refractivity contribution is -0.121. The Bertz CT molecular complexity index is 1060. The van der Waals surface area contributed by atoms with E-state index in [1.807, 2.05) is 30.3 Å². The van der Waals surface area contributed by atoms with E-state index in [1.165, 1.54) is 11.0 Å². The molecular formula is C22H26N4O3. The molecule has 7 heteroatoms. The zero-order chi connectivity index (χ0) is 20.2. The third kappa shape index (κ3) is 4.04. The molecule has 2 heterocycles. The van der Waals surface area contributed by atoms with Crippen molar-refractivity contribution in [2.24, 2.45) is 0 Å². The second-order valence-corrected chi connectivity index (χ2v) is 7.50. The van der Waals surface area contributed by atoms with Crippen LogP contribution in [0.3, 0.4) is 0 Å². The maximum atomic E-state index is 13.2. The quantitative estimate of drug-likeness (QED) is 0.697. The molecule has 0 bridgehead atoms. The second-order valence-electron chi connectivity index (χ2n) is 7.50. The maximum absolute atomic E-state index is 13.2. The number of pyridine rings is 1. The Morgan fingerprint density at radius 2 is 2.03 bits per heavy atom. The fourth-order valence-electron chi connectivity index (χ4n) is 4.11. The number of aromatic nitrogens is 3. The first kappa shape index (κ1) is 19.2. The van der Waals surface area contributed by atoms with Gasteiger partial charge in [-0.2, -0.15) is 0 Å². The number of nitrogens with zero attached hydrogens (tertiary/aromatic N) is 3. The summed E-state index contributed by atoms with van der Waals surface area (Å²) in [6.07, 6.45) is 7.13. The van der Waals surface area contributed by atoms with E-state index < -0.39 is 0 Å². The Hall–Kier alpha value is -3.09. The van der Waals surface area contributed by atoms with Crippen LogP contribution >= 0.6 is 0 Å². The molecular weight excluding hydrogens is 368 g/mol. The summed E-state index contributed by atoms with van der Waals surface area (Å²) in [4.78, 5) is 30.2. The zero-order valence-electron chi connectivity index (χ0n) is 16.6. The fourth-order valence-corrected chi connectivity index (χ4v) is 4.11. The standard InChI is InChI=1S/C22H26N4O3/c1-29-18-10-5-7-16(13-18)14-24-20(27)15-25-19-11-6-12-23-21(19)26(22(25)28)17-8-3-2-4-9-17/h5-7,10-13,17H,2-4,8-9,14-15H2,1H3,(H,24,27). The van der Waals surface area contributed by atoms with Crippen molar-refractivity contribution in [3.8, 4) is 5.75 Å². The highest BCUT2D eigenvalue weighted by molar-refractivity contribution is 5.79. The highest BCUT2D eigenvalue weighted by atomic mass is 16.5. The van der Waals surface area contributed by atoms with E-state index in [0.29, 0.717) is 17.7 Å². The van der Waals surface area contributed by atoms with E-state index in [-0.39, 0.29) is 24.2 Å². The molecule has 3 aromatic rings. The summed E-state index contributed by atoms with van der Waals surface area (Å²) < 4.78 is 8.55. The highest BCUT2D eigenvalue weighted by Gasteiger charge is 2.23. The molecule has 0 radical (unpaired) electrons. The Balaban J connectivity index is 1.55. The molecule has 29 heavy (non-hydrogen) atoms. The fraction of sp³-hybridized carbons (Fsp3) is 0.409. The molecule has 1 aliphatic rings. The molecule has 0 unspecified atom stereocenters. The van der Waals surface area contributed by atoms with Crippen LogP contribution in [0.25, 0.3) is 11.2 Å². The maximum Gasteiger partial charge on any atom is 0.331 e. The van der Waals surface area contributed by atoms with Crippen LogP contribution in [0.2, 0.25) is 0 Å². The van der Waals surface area contributed by atoms with Crippen LogP contribution in [0.4, 0.5) is 0 Å². The third-order valence-corrected chi connectivity index (χ3v) is 5.59. The molecule has 2 aromatic heterocycles. The molecule has 0 atom stereocenters. The number of rotatable bonds is 6. The molecule has 0 aliphatic heterocycles. The van der Waals surface area contributed by atoms with Gasteiger partial charge in [0.2, 0.25) is 5.91 Å². The van der Waals surface area contributed by atoms with Crippen molar-refractivity contribution in [1.29, 1.82) is 0 Å². The number of amides is 1. The first-order chi connectivity index (χ1) is 14.2. The number of nitrogens with one attached hydrogen (secondary N) is 1. The van der Waals surface area contributed by atoms with E-state index in [1.54, 1.807) is 23.9 Å². The summed E-state index contributed by atoms with van der Waals surface area (Å²) >= 11 is 0. The Morgan fingerprint density at radius 1 is 1.21 bits per heavy atom. The molecule has 4 rings (SSSR count). The molecule has 0 spiro atoms. The van der Waals surface area contributed by atoms with Crippen molar-refractivity contribution >= 4 is 17.1 Å². The van der Waals surface area contributed by atoms with Gasteiger partial charge in [0.25, 0.3) is 0 Å². The van der Waals surface area contributed by atoms with Gasteiger partial charge in [0, 0.05) is 18.8 Å². The SMILES string of the molecule is COc1cccc(CNC(=O)Cn2c(=O)n(C3CCCCC3)c3ncccc32)c1. The van der Waals surface area contributed by atoms with Crippen molar-refractivity contribution in [1.82, 2.24) is 19.4 Å². The summed E-state index contributed by atoms with van der Waals surface area (Å²) in [6, 6.07) is 11.4. The molecule has 1 amide bonds. The van der Waals surface area contributed by atoms with Gasteiger partial charge in [-0.05, 0) is 42.7 Å². The number of ether oxygens (including phenoxy) is 1. The van der Waals surface area contributed by atoms with Gasteiger partial charge in [0.15, 0.2) is 5.65 Å². The molecule has 7 nitrogen and oxygen atoms in total. The number of fused-ring (bicyclic) bond motifs is 1. The number of carbonyl (C=O) groups is 1. The summed E-state index contributed by atoms with van der Waals surface area (Å²) in [5, 5.41) is 2.90. The van der Waals surface area contributed by atoms with Crippen LogP contribution in [0.5, 0.6) is 5.75 Å². The lowest BCUT2D eigenvalue weighted by atomic mass is 9.95. The lowest BCUT2D eigenvalue weighted by Crippen LogP contribution is -2.34. The van der Waals surface area contributed by atoms with Crippen LogP contribution in [0, 0.1) is 0 Å². The average Bonchev–Trinajstić information content (AvgIpc) is 3.04. The van der Waals surface area contributed by atoms with E-state index >= 15 is 0 Å². The molecule has 1 fully saturated rings. The van der Waals surface area contributed by atoms with Crippen molar-refractivity contribution in [2.45, 2.75) is 51.2 Å². The smallest absolute Gasteiger partial charge is 0.331 e. The predicted octanol–water partition coefficient (Wildman–Crippen LogP) is 3.03. The lowest BCUT2D eigenvalue weighted by Gasteiger charge is -2.22. The van der Waals surface area contributed by atoms with Crippen molar-refractivity contribution in [3.63, 3.8) is 0 Å². The van der Waals surface area contributed by atoms with Gasteiger partial charge in [0.05, 0.1) is 12.6 Å². The molecule has 0 saturated heterocycles. The number of carbonyl (C=O) groups excluding carboxylic acids is 1. The number of benzene rings is 1. The van der Waals surface area contributed by atoms with Crippen LogP contribution in [-0.4, -0.2) is 27.1 Å². The van der Waals surface area contributed by atoms with Gasteiger partial charge in [-0.3, -0.25) is 13.9 Å². The summed E-state index contributed by atoms with van der Waals surface area (Å²) in [5.74, 6) is 0.538. The largest absolute Gasteiger partial charge is 0.497 e. The molecule has 1 aliphatic carbocycles. The zero-order valence-corrected chi connectivity index (χ0v) is 16.6. The van der Waals surface area contributed by atoms with Crippen molar-refractivity contribution in [2.75, 3.05) is 7.11 Å². The number of hydrogen-bond donors (Lipinski definition) is 1. The van der Waals surface area contributed by atoms with Crippen molar-refractivity contribution < 1.29 is 9.53 Å². The van der Waals surface area contributed by atoms with Crippen molar-refractivity contribution in [3.05, 3.63) is 58.6 Å². The van der Waals surface area contributed by atoms with E-state index in [4.69, 9.17) is 4.74 Å². The van der Waals surface area contributed by atoms with Gasteiger partial charge in [-0.15, -0.1) is 0 Å². The molecule has 1 N–H and O–H groups in total. The second kappa shape index (κ2) is 8.51. The Labute approximate surface area is 169 Å². The monoisotopic (exact) mass is 394 g/mol. The van der Waals surface area contributed by atoms with Crippen LogP contribution in [0.1, 0.15) is 43.7 Å². The van der Waals surface area contributed by atoms with Gasteiger partial charge in [0.1, 0.15) is 12.3 Å². The Morgan fingerprint density at radius 3 is 2.83 bits per heavy atom. The van der Waals surface area contributed by atoms with Gasteiger partial charge < -0.3 is 10.1 Å². The van der Waals surface area contributed by atoms with Gasteiger partial charge in [-0.1, -0.05) is 31.4 Å². The number of imidazole rings is 1. The average molecular weight is 394 g/mol. The van der Waals surface area contributed by atoms with Crippen LogP contribution in [-0.2, 0) is 17.9 Å². The van der Waals surface area contributed by atoms with Crippen LogP contribution in [0.15, 0.2) is 47.4 Å². The van der Waals surface area contributed by atoms with E-state index in [9.17, 15) is 9.59 Å². The van der Waals surface area contributed by atoms with Crippen LogP contribution < -0.4 is 15.7 Å². The highest BCUT2D eigenvalue weighted by Crippen LogP contribution is 2.29. The third-order valence-electron chi connectivity index (χ3n) is 5.59. The van der Waals surface area contributed by atoms with Gasteiger partial charge >= 0.3 is 5.69 Å². The minimum Gasteiger partial charge on any atom is -0.497 e. The number of methoxy groups -OCH3 is 1. The van der Waals surface area contributed by atoms with E-state index in [0.717, 1.165) is 37.0 Å². The predicted molar refractivity (Wildman–Crippen MR) is 111 cm³/mol. The first-order valence-corrected chi connectivity index (χ1v) is 10.1. The Kier molecular flexibility index (Phi) is 5.64. The summed E-state index contributed by atoms with van der Waals surface area (Å²) in [5.41, 5.74) is 2.17. The summed E-state index contributed by atoms with van der Waals surface area (Å²) in [7, 11) is 1.61. The van der Waals surface area contributed by atoms with Gasteiger partial charge in [-0.25, -0.2) is 9.78 Å². The molecule has 152 valence electrons. The minimum absolute atomic E-state index is 0.0231. The normalized spacial score (nSPS) is 14.8. The minimum atomic E-state index is -0.207. The topological polar surface area (TPSA) is 78.1 Å².